The van der Waals surface area contributed by atoms with Crippen molar-refractivity contribution in [3.05, 3.63) is 63.9 Å². The molecule has 3 aromatic rings. The summed E-state index contributed by atoms with van der Waals surface area (Å²) in [5.41, 5.74) is 2.40. The molecule has 0 bridgehead atoms. The first-order valence-electron chi connectivity index (χ1n) is 12.0. The summed E-state index contributed by atoms with van der Waals surface area (Å²) in [4.78, 5) is 18.3. The molecule has 0 aliphatic carbocycles. The molecule has 0 radical (unpaired) electrons. The maximum atomic E-state index is 13.7. The summed E-state index contributed by atoms with van der Waals surface area (Å²) in [5, 5.41) is 5.29. The van der Waals surface area contributed by atoms with Gasteiger partial charge in [0.25, 0.3) is 10.0 Å². The van der Waals surface area contributed by atoms with Gasteiger partial charge in [0.2, 0.25) is 0 Å². The quantitative estimate of drug-likeness (QED) is 0.370. The molecule has 204 valence electrons. The van der Waals surface area contributed by atoms with Gasteiger partial charge in [-0.15, -0.1) is 11.3 Å². The van der Waals surface area contributed by atoms with Gasteiger partial charge >= 0.3 is 6.09 Å². The second kappa shape index (κ2) is 11.4. The predicted octanol–water partition coefficient (Wildman–Crippen LogP) is 5.62. The van der Waals surface area contributed by atoms with E-state index in [4.69, 9.17) is 21.1 Å². The van der Waals surface area contributed by atoms with Crippen LogP contribution in [0.25, 0.3) is 0 Å². The molecule has 2 aromatic carbocycles. The lowest BCUT2D eigenvalue weighted by molar-refractivity contribution is 0.0293. The van der Waals surface area contributed by atoms with E-state index in [0.717, 1.165) is 12.0 Å². The summed E-state index contributed by atoms with van der Waals surface area (Å²) in [5.74, 6) is 1.01. The number of hydrogen-bond donors (Lipinski definition) is 1. The highest BCUT2D eigenvalue weighted by atomic mass is 35.5. The van der Waals surface area contributed by atoms with E-state index in [1.807, 2.05) is 32.9 Å². The van der Waals surface area contributed by atoms with Crippen molar-refractivity contribution in [1.29, 1.82) is 0 Å². The van der Waals surface area contributed by atoms with Gasteiger partial charge in [-0.05, 0) is 63.1 Å². The fraction of sp³-hybridized carbons (Fsp3) is 0.385. The van der Waals surface area contributed by atoms with E-state index < -0.39 is 15.6 Å². The number of amides is 1. The number of anilines is 2. The van der Waals surface area contributed by atoms with Gasteiger partial charge in [0.05, 0.1) is 34.8 Å². The van der Waals surface area contributed by atoms with Crippen LogP contribution in [0.5, 0.6) is 5.75 Å². The number of carbonyl (C=O) groups excluding carboxylic acids is 1. The Labute approximate surface area is 232 Å². The Balaban J connectivity index is 1.50. The number of sulfonamides is 1. The first kappa shape index (κ1) is 28.0. The van der Waals surface area contributed by atoms with Crippen LogP contribution in [0.15, 0.2) is 58.3 Å². The molecule has 1 aliphatic rings. The number of benzene rings is 2. The van der Waals surface area contributed by atoms with Gasteiger partial charge < -0.3 is 19.7 Å². The van der Waals surface area contributed by atoms with E-state index in [0.29, 0.717) is 30.3 Å². The van der Waals surface area contributed by atoms with Crippen LogP contribution in [0.1, 0.15) is 32.8 Å². The van der Waals surface area contributed by atoms with Crippen molar-refractivity contribution >= 4 is 50.6 Å². The zero-order valence-corrected chi connectivity index (χ0v) is 24.1. The number of ether oxygens (including phenoxy) is 2. The fourth-order valence-corrected chi connectivity index (χ4v) is 6.34. The molecule has 2 heterocycles. The Bertz CT molecular complexity index is 1360. The molecule has 1 saturated heterocycles. The zero-order chi connectivity index (χ0) is 27.5. The Morgan fingerprint density at radius 3 is 2.58 bits per heavy atom. The van der Waals surface area contributed by atoms with Crippen LogP contribution in [0, 0.1) is 0 Å². The molecule has 1 amide bonds. The van der Waals surface area contributed by atoms with E-state index in [1.54, 1.807) is 41.1 Å². The third kappa shape index (κ3) is 6.69. The number of nitrogens with one attached hydrogen (secondary N) is 1. The fourth-order valence-electron chi connectivity index (χ4n) is 4.01. The normalized spacial score (nSPS) is 15.8. The van der Waals surface area contributed by atoms with Crippen molar-refractivity contribution in [3.63, 3.8) is 0 Å². The van der Waals surface area contributed by atoms with Crippen LogP contribution in [0.2, 0.25) is 5.02 Å². The van der Waals surface area contributed by atoms with Crippen molar-refractivity contribution in [2.45, 2.75) is 50.3 Å². The number of halogens is 1. The Morgan fingerprint density at radius 1 is 1.24 bits per heavy atom. The summed E-state index contributed by atoms with van der Waals surface area (Å²) in [6.45, 7) is 6.61. The molecule has 1 fully saturated rings. The predicted molar refractivity (Wildman–Crippen MR) is 150 cm³/mol. The maximum absolute atomic E-state index is 13.7. The molecule has 4 rings (SSSR count). The van der Waals surface area contributed by atoms with E-state index >= 15 is 0 Å². The van der Waals surface area contributed by atoms with Crippen LogP contribution in [-0.4, -0.2) is 56.2 Å². The summed E-state index contributed by atoms with van der Waals surface area (Å²) in [6.07, 6.45) is 0.364. The van der Waals surface area contributed by atoms with Gasteiger partial charge in [-0.3, -0.25) is 0 Å². The maximum Gasteiger partial charge on any atom is 0.410 e. The number of rotatable bonds is 8. The summed E-state index contributed by atoms with van der Waals surface area (Å²) in [7, 11) is -2.40. The third-order valence-electron chi connectivity index (χ3n) is 5.89. The van der Waals surface area contributed by atoms with Gasteiger partial charge in [-0.25, -0.2) is 22.5 Å². The Kier molecular flexibility index (Phi) is 8.39. The van der Waals surface area contributed by atoms with Gasteiger partial charge in [0, 0.05) is 24.5 Å². The average Bonchev–Trinajstić information content (AvgIpc) is 3.55. The van der Waals surface area contributed by atoms with Crippen molar-refractivity contribution < 1.29 is 22.7 Å². The second-order valence-corrected chi connectivity index (χ2v) is 12.9. The molecule has 1 atom stereocenters. The van der Waals surface area contributed by atoms with Crippen LogP contribution in [0.4, 0.5) is 16.3 Å². The highest BCUT2D eigenvalue weighted by Crippen LogP contribution is 2.31. The number of carbonyl (C=O) groups is 1. The molecule has 1 aromatic heterocycles. The minimum Gasteiger partial charge on any atom is -0.497 e. The third-order valence-corrected chi connectivity index (χ3v) is 8.52. The molecule has 9 nitrogen and oxygen atoms in total. The van der Waals surface area contributed by atoms with Crippen molar-refractivity contribution in [2.24, 2.45) is 0 Å². The highest BCUT2D eigenvalue weighted by Gasteiger charge is 2.31. The van der Waals surface area contributed by atoms with Gasteiger partial charge in [0.15, 0.2) is 5.82 Å². The lowest BCUT2D eigenvalue weighted by atomic mass is 10.2. The topological polar surface area (TPSA) is 101 Å². The SMILES string of the molecule is COc1ccc(CN(c2cscn2)S(=O)(=O)c2ccc(N[C@H]3CCN(C(=O)OC(C)(C)C)C3)c(Cl)c2)cc1. The summed E-state index contributed by atoms with van der Waals surface area (Å²) < 4.78 is 39.4. The van der Waals surface area contributed by atoms with Crippen molar-refractivity contribution in [3.8, 4) is 5.75 Å². The van der Waals surface area contributed by atoms with Gasteiger partial charge in [-0.1, -0.05) is 23.7 Å². The van der Waals surface area contributed by atoms with E-state index in [9.17, 15) is 13.2 Å². The minimum absolute atomic E-state index is 0.0379. The zero-order valence-electron chi connectivity index (χ0n) is 21.7. The number of likely N-dealkylation sites (tertiary alicyclic amines) is 1. The number of thiazole rings is 1. The smallest absolute Gasteiger partial charge is 0.410 e. The lowest BCUT2D eigenvalue weighted by Crippen LogP contribution is -2.36. The lowest BCUT2D eigenvalue weighted by Gasteiger charge is -2.25. The minimum atomic E-state index is -3.98. The molecule has 0 spiro atoms. The van der Waals surface area contributed by atoms with E-state index in [1.165, 1.54) is 27.8 Å². The summed E-state index contributed by atoms with van der Waals surface area (Å²) in [6, 6.07) is 11.8. The van der Waals surface area contributed by atoms with E-state index in [-0.39, 0.29) is 28.6 Å². The van der Waals surface area contributed by atoms with Crippen LogP contribution >= 0.6 is 22.9 Å². The average molecular weight is 579 g/mol. The van der Waals surface area contributed by atoms with Gasteiger partial charge in [-0.2, -0.15) is 0 Å². The molecule has 0 saturated carbocycles. The first-order chi connectivity index (χ1) is 18.0. The monoisotopic (exact) mass is 578 g/mol. The standard InChI is InChI=1S/C26H31ClN4O5S2/c1-26(2,3)36-25(32)30-12-11-19(15-30)29-23-10-9-21(13-22(23)27)38(33,34)31(24-16-37-17-28-24)14-18-5-7-20(35-4)8-6-18/h5-10,13,16-17,19,29H,11-12,14-15H2,1-4H3/t19-/m0/s1. The molecule has 12 heteroatoms. The van der Waals surface area contributed by atoms with E-state index in [2.05, 4.69) is 10.3 Å². The highest BCUT2D eigenvalue weighted by molar-refractivity contribution is 7.92. The van der Waals surface area contributed by atoms with Crippen LogP contribution < -0.4 is 14.4 Å². The van der Waals surface area contributed by atoms with Crippen molar-refractivity contribution in [1.82, 2.24) is 9.88 Å². The number of nitrogens with zero attached hydrogens (tertiary/aromatic N) is 3. The molecule has 0 unspecified atom stereocenters. The summed E-state index contributed by atoms with van der Waals surface area (Å²) >= 11 is 7.86. The van der Waals surface area contributed by atoms with Crippen LogP contribution in [0.3, 0.4) is 0 Å². The van der Waals surface area contributed by atoms with Crippen molar-refractivity contribution in [2.75, 3.05) is 29.8 Å². The largest absolute Gasteiger partial charge is 0.497 e. The Hall–Kier alpha value is -3.02. The molecule has 38 heavy (non-hydrogen) atoms. The number of methoxy groups -OCH3 is 1. The molecule has 1 aliphatic heterocycles. The first-order valence-corrected chi connectivity index (χ1v) is 14.8. The molecule has 1 N–H and O–H groups in total. The van der Waals surface area contributed by atoms with Gasteiger partial charge in [0.1, 0.15) is 11.4 Å². The molecular weight excluding hydrogens is 548 g/mol. The van der Waals surface area contributed by atoms with Crippen LogP contribution in [-0.2, 0) is 21.3 Å². The number of hydrogen-bond acceptors (Lipinski definition) is 8. The number of aromatic nitrogens is 1. The molecular formula is C26H31ClN4O5S2. The second-order valence-electron chi connectivity index (χ2n) is 9.90. The Morgan fingerprint density at radius 2 is 1.97 bits per heavy atom.